The van der Waals surface area contributed by atoms with Crippen LogP contribution in [-0.4, -0.2) is 33.0 Å². The summed E-state index contributed by atoms with van der Waals surface area (Å²) in [7, 11) is 0. The van der Waals surface area contributed by atoms with Crippen LogP contribution in [0.1, 0.15) is 23.4 Å². The van der Waals surface area contributed by atoms with Crippen LogP contribution in [0.15, 0.2) is 59.6 Å². The summed E-state index contributed by atoms with van der Waals surface area (Å²) >= 11 is 1.70. The van der Waals surface area contributed by atoms with E-state index < -0.39 is 0 Å². The zero-order valence-electron chi connectivity index (χ0n) is 15.7. The minimum atomic E-state index is 0.0888. The molecule has 0 aliphatic heterocycles. The average molecular weight is 381 g/mol. The van der Waals surface area contributed by atoms with Gasteiger partial charge in [-0.3, -0.25) is 4.79 Å². The lowest BCUT2D eigenvalue weighted by Gasteiger charge is -2.07. The minimum Gasteiger partial charge on any atom is -0.356 e. The summed E-state index contributed by atoms with van der Waals surface area (Å²) in [4.78, 5) is 17.6. The van der Waals surface area contributed by atoms with E-state index in [-0.39, 0.29) is 5.91 Å². The Bertz CT molecular complexity index is 878. The second kappa shape index (κ2) is 9.37. The van der Waals surface area contributed by atoms with Crippen molar-refractivity contribution in [2.24, 2.45) is 0 Å². The number of thioether (sulfide) groups is 1. The van der Waals surface area contributed by atoms with Crippen molar-refractivity contribution in [3.8, 4) is 5.82 Å². The molecule has 0 fully saturated rings. The molecule has 5 nitrogen and oxygen atoms in total. The number of carbonyl (C=O) groups excluding carboxylic acids is 1. The van der Waals surface area contributed by atoms with Crippen LogP contribution in [0.25, 0.3) is 5.82 Å². The molecule has 0 bridgehead atoms. The highest BCUT2D eigenvalue weighted by Gasteiger charge is 2.13. The molecular weight excluding hydrogens is 356 g/mol. The van der Waals surface area contributed by atoms with Gasteiger partial charge >= 0.3 is 0 Å². The molecule has 0 spiro atoms. The number of benzene rings is 1. The van der Waals surface area contributed by atoms with Gasteiger partial charge in [-0.05, 0) is 50.1 Å². The molecule has 1 aromatic carbocycles. The highest BCUT2D eigenvalue weighted by Crippen LogP contribution is 2.18. The van der Waals surface area contributed by atoms with Crippen molar-refractivity contribution in [2.45, 2.75) is 31.6 Å². The monoisotopic (exact) mass is 380 g/mol. The molecule has 3 aromatic rings. The van der Waals surface area contributed by atoms with E-state index >= 15 is 0 Å². The Morgan fingerprint density at radius 2 is 1.89 bits per heavy atom. The van der Waals surface area contributed by atoms with Gasteiger partial charge in [0.1, 0.15) is 0 Å². The van der Waals surface area contributed by atoms with E-state index in [1.165, 1.54) is 10.5 Å². The first-order valence-electron chi connectivity index (χ1n) is 9.06. The summed E-state index contributed by atoms with van der Waals surface area (Å²) in [6.45, 7) is 4.66. The number of hydrogen-bond acceptors (Lipinski definition) is 4. The molecule has 0 saturated heterocycles. The normalized spacial score (nSPS) is 10.7. The van der Waals surface area contributed by atoms with Gasteiger partial charge in [-0.2, -0.15) is 5.10 Å². The third-order valence-electron chi connectivity index (χ3n) is 4.35. The molecule has 1 N–H and O–H groups in total. The number of aryl methyl sites for hydroxylation is 1. The zero-order valence-corrected chi connectivity index (χ0v) is 16.5. The van der Waals surface area contributed by atoms with Crippen molar-refractivity contribution in [1.82, 2.24) is 20.1 Å². The smallest absolute Gasteiger partial charge is 0.220 e. The second-order valence-corrected chi connectivity index (χ2v) is 7.43. The molecule has 6 heteroatoms. The number of rotatable bonds is 8. The van der Waals surface area contributed by atoms with E-state index in [1.54, 1.807) is 18.0 Å². The van der Waals surface area contributed by atoms with E-state index in [0.717, 1.165) is 29.4 Å². The molecule has 0 saturated carbocycles. The quantitative estimate of drug-likeness (QED) is 0.605. The van der Waals surface area contributed by atoms with Gasteiger partial charge in [-0.1, -0.05) is 24.3 Å². The van der Waals surface area contributed by atoms with Crippen LogP contribution in [0, 0.1) is 13.8 Å². The molecule has 2 aromatic heterocycles. The largest absolute Gasteiger partial charge is 0.356 e. The van der Waals surface area contributed by atoms with Crippen LogP contribution in [0.3, 0.4) is 0 Å². The number of amides is 1. The minimum absolute atomic E-state index is 0.0888. The van der Waals surface area contributed by atoms with Crippen molar-refractivity contribution < 1.29 is 4.79 Å². The van der Waals surface area contributed by atoms with Crippen LogP contribution in [0.5, 0.6) is 0 Å². The van der Waals surface area contributed by atoms with Gasteiger partial charge < -0.3 is 5.32 Å². The van der Waals surface area contributed by atoms with Gasteiger partial charge in [0.25, 0.3) is 0 Å². The summed E-state index contributed by atoms with van der Waals surface area (Å²) < 4.78 is 1.86. The highest BCUT2D eigenvalue weighted by molar-refractivity contribution is 7.99. The van der Waals surface area contributed by atoms with Crippen molar-refractivity contribution >= 4 is 17.7 Å². The van der Waals surface area contributed by atoms with Gasteiger partial charge in [-0.15, -0.1) is 11.8 Å². The lowest BCUT2D eigenvalue weighted by molar-refractivity contribution is -0.120. The maximum atomic E-state index is 12.1. The molecule has 27 heavy (non-hydrogen) atoms. The lowest BCUT2D eigenvalue weighted by Crippen LogP contribution is -2.26. The molecular formula is C21H24N4OS. The van der Waals surface area contributed by atoms with E-state index in [9.17, 15) is 4.79 Å². The number of nitrogens with one attached hydrogen (secondary N) is 1. The molecule has 1 amide bonds. The lowest BCUT2D eigenvalue weighted by atomic mass is 10.1. The maximum absolute atomic E-state index is 12.1. The first kappa shape index (κ1) is 19.2. The molecule has 0 aliphatic carbocycles. The Balaban J connectivity index is 1.47. The SMILES string of the molecule is Cc1nn(-c2ccccn2)c(C)c1CCNC(=O)CCSc1ccccc1. The van der Waals surface area contributed by atoms with E-state index in [0.29, 0.717) is 13.0 Å². The Kier molecular flexibility index (Phi) is 6.65. The third kappa shape index (κ3) is 5.20. The summed E-state index contributed by atoms with van der Waals surface area (Å²) in [6, 6.07) is 15.9. The van der Waals surface area contributed by atoms with Crippen molar-refractivity contribution in [3.05, 3.63) is 71.7 Å². The molecule has 3 rings (SSSR count). The first-order chi connectivity index (χ1) is 13.1. The fourth-order valence-electron chi connectivity index (χ4n) is 2.93. The Morgan fingerprint density at radius 3 is 2.63 bits per heavy atom. The topological polar surface area (TPSA) is 59.8 Å². The van der Waals surface area contributed by atoms with Gasteiger partial charge in [0.15, 0.2) is 5.82 Å². The third-order valence-corrected chi connectivity index (χ3v) is 5.36. The maximum Gasteiger partial charge on any atom is 0.220 e. The average Bonchev–Trinajstić information content (AvgIpc) is 2.98. The Morgan fingerprint density at radius 1 is 1.11 bits per heavy atom. The fraction of sp³-hybridized carbons (Fsp3) is 0.286. The van der Waals surface area contributed by atoms with Gasteiger partial charge in [-0.25, -0.2) is 9.67 Å². The predicted molar refractivity (Wildman–Crippen MR) is 109 cm³/mol. The van der Waals surface area contributed by atoms with Crippen LogP contribution >= 0.6 is 11.8 Å². The number of nitrogens with zero attached hydrogens (tertiary/aromatic N) is 3. The van der Waals surface area contributed by atoms with E-state index in [4.69, 9.17) is 0 Å². The number of carbonyl (C=O) groups is 1. The number of aromatic nitrogens is 3. The van der Waals surface area contributed by atoms with Gasteiger partial charge in [0.05, 0.1) is 5.69 Å². The molecule has 0 aliphatic rings. The van der Waals surface area contributed by atoms with Crippen LogP contribution in [0.2, 0.25) is 0 Å². The van der Waals surface area contributed by atoms with Gasteiger partial charge in [0, 0.05) is 35.5 Å². The standard InChI is InChI=1S/C21H24N4OS/c1-16-19(17(2)25(24-16)20-10-6-7-13-22-20)11-14-23-21(26)12-15-27-18-8-4-3-5-9-18/h3-10,13H,11-12,14-15H2,1-2H3,(H,23,26). The van der Waals surface area contributed by atoms with E-state index in [2.05, 4.69) is 27.5 Å². The highest BCUT2D eigenvalue weighted by atomic mass is 32.2. The fourth-order valence-corrected chi connectivity index (χ4v) is 3.81. The van der Waals surface area contributed by atoms with Crippen molar-refractivity contribution in [1.29, 1.82) is 0 Å². The van der Waals surface area contributed by atoms with Crippen LogP contribution in [0.4, 0.5) is 0 Å². The van der Waals surface area contributed by atoms with Crippen molar-refractivity contribution in [2.75, 3.05) is 12.3 Å². The second-order valence-electron chi connectivity index (χ2n) is 6.26. The predicted octanol–water partition coefficient (Wildman–Crippen LogP) is 3.73. The van der Waals surface area contributed by atoms with Gasteiger partial charge in [0.2, 0.25) is 5.91 Å². The summed E-state index contributed by atoms with van der Waals surface area (Å²) in [5.74, 6) is 1.68. The van der Waals surface area contributed by atoms with Crippen molar-refractivity contribution in [3.63, 3.8) is 0 Å². The van der Waals surface area contributed by atoms with Crippen LogP contribution in [-0.2, 0) is 11.2 Å². The molecule has 0 atom stereocenters. The first-order valence-corrected chi connectivity index (χ1v) is 10.0. The number of hydrogen-bond donors (Lipinski definition) is 1. The molecule has 140 valence electrons. The van der Waals surface area contributed by atoms with Crippen LogP contribution < -0.4 is 5.32 Å². The summed E-state index contributed by atoms with van der Waals surface area (Å²) in [5, 5.41) is 7.62. The molecule has 0 unspecified atom stereocenters. The summed E-state index contributed by atoms with van der Waals surface area (Å²) in [5.41, 5.74) is 3.21. The number of pyridine rings is 1. The summed E-state index contributed by atoms with van der Waals surface area (Å²) in [6.07, 6.45) is 3.05. The molecule has 0 radical (unpaired) electrons. The molecule has 2 heterocycles. The zero-order chi connectivity index (χ0) is 19.1. The van der Waals surface area contributed by atoms with E-state index in [1.807, 2.05) is 54.9 Å². The Hall–Kier alpha value is -2.60. The Labute approximate surface area is 164 Å².